The molecule has 0 aliphatic heterocycles. The van der Waals surface area contributed by atoms with Gasteiger partial charge in [-0.2, -0.15) is 0 Å². The van der Waals surface area contributed by atoms with Crippen molar-refractivity contribution in [1.82, 2.24) is 9.97 Å². The van der Waals surface area contributed by atoms with Crippen LogP contribution in [0.25, 0.3) is 32.7 Å². The van der Waals surface area contributed by atoms with Gasteiger partial charge in [0.05, 0.1) is 12.8 Å². The highest BCUT2D eigenvalue weighted by Gasteiger charge is 2.14. The average Bonchev–Trinajstić information content (AvgIpc) is 3.18. The number of nitrogens with zero attached hydrogens (tertiary/aromatic N) is 1. The molecule has 0 saturated carbocycles. The minimum Gasteiger partial charge on any atom is -0.497 e. The molecule has 4 aromatic rings. The standard InChI is InChI=1S/C19H16N2OS/c1-12-18(15-5-3-4-6-16(15)20-12)19-21-17(11-23-19)13-7-9-14(22-2)10-8-13/h3-11,20H,1-2H3. The van der Waals surface area contributed by atoms with E-state index in [9.17, 15) is 0 Å². The van der Waals surface area contributed by atoms with Crippen LogP contribution in [0.3, 0.4) is 0 Å². The first-order valence-corrected chi connectivity index (χ1v) is 8.32. The Bertz CT molecular complexity index is 967. The molecule has 23 heavy (non-hydrogen) atoms. The number of aromatic amines is 1. The molecule has 0 amide bonds. The molecule has 0 atom stereocenters. The Balaban J connectivity index is 1.78. The van der Waals surface area contributed by atoms with Gasteiger partial charge in [0, 0.05) is 33.1 Å². The van der Waals surface area contributed by atoms with Gasteiger partial charge >= 0.3 is 0 Å². The zero-order valence-corrected chi connectivity index (χ0v) is 13.8. The number of thiazole rings is 1. The van der Waals surface area contributed by atoms with E-state index >= 15 is 0 Å². The molecule has 4 heteroatoms. The Kier molecular flexibility index (Phi) is 3.39. The molecule has 2 aromatic carbocycles. The molecule has 0 fully saturated rings. The first-order chi connectivity index (χ1) is 11.3. The molecule has 0 aliphatic rings. The van der Waals surface area contributed by atoms with Crippen LogP contribution in [0, 0.1) is 6.92 Å². The van der Waals surface area contributed by atoms with E-state index in [0.717, 1.165) is 33.2 Å². The number of hydrogen-bond acceptors (Lipinski definition) is 3. The number of aryl methyl sites for hydroxylation is 1. The summed E-state index contributed by atoms with van der Waals surface area (Å²) in [7, 11) is 1.68. The highest BCUT2D eigenvalue weighted by molar-refractivity contribution is 7.13. The van der Waals surface area contributed by atoms with Gasteiger partial charge in [-0.05, 0) is 37.3 Å². The van der Waals surface area contributed by atoms with Crippen molar-refractivity contribution in [3.8, 4) is 27.6 Å². The molecule has 0 saturated heterocycles. The second-order valence-electron chi connectivity index (χ2n) is 5.44. The predicted octanol–water partition coefficient (Wildman–Crippen LogP) is 5.28. The van der Waals surface area contributed by atoms with E-state index in [-0.39, 0.29) is 0 Å². The van der Waals surface area contributed by atoms with Crippen LogP contribution in [0.4, 0.5) is 0 Å². The topological polar surface area (TPSA) is 37.9 Å². The van der Waals surface area contributed by atoms with Crippen molar-refractivity contribution in [2.45, 2.75) is 6.92 Å². The van der Waals surface area contributed by atoms with Gasteiger partial charge in [0.2, 0.25) is 0 Å². The molecule has 0 bridgehead atoms. The molecule has 3 nitrogen and oxygen atoms in total. The number of rotatable bonds is 3. The smallest absolute Gasteiger partial charge is 0.126 e. The van der Waals surface area contributed by atoms with Crippen LogP contribution in [0.5, 0.6) is 5.75 Å². The van der Waals surface area contributed by atoms with Gasteiger partial charge in [-0.1, -0.05) is 18.2 Å². The van der Waals surface area contributed by atoms with Gasteiger partial charge < -0.3 is 9.72 Å². The van der Waals surface area contributed by atoms with E-state index in [1.807, 2.05) is 30.3 Å². The molecule has 0 radical (unpaired) electrons. The van der Waals surface area contributed by atoms with Crippen molar-refractivity contribution in [1.29, 1.82) is 0 Å². The first kappa shape index (κ1) is 14.0. The fraction of sp³-hybridized carbons (Fsp3) is 0.105. The van der Waals surface area contributed by atoms with Crippen molar-refractivity contribution in [2.24, 2.45) is 0 Å². The highest BCUT2D eigenvalue weighted by Crippen LogP contribution is 2.36. The number of nitrogens with one attached hydrogen (secondary N) is 1. The summed E-state index contributed by atoms with van der Waals surface area (Å²) in [6.07, 6.45) is 0. The first-order valence-electron chi connectivity index (χ1n) is 7.44. The van der Waals surface area contributed by atoms with Crippen molar-refractivity contribution in [3.63, 3.8) is 0 Å². The summed E-state index contributed by atoms with van der Waals surface area (Å²) < 4.78 is 5.21. The maximum atomic E-state index is 5.21. The molecular weight excluding hydrogens is 304 g/mol. The minimum atomic E-state index is 0.858. The van der Waals surface area contributed by atoms with E-state index in [1.54, 1.807) is 18.4 Å². The predicted molar refractivity (Wildman–Crippen MR) is 96.1 cm³/mol. The third kappa shape index (κ3) is 2.41. The maximum absolute atomic E-state index is 5.21. The van der Waals surface area contributed by atoms with Crippen molar-refractivity contribution >= 4 is 22.2 Å². The summed E-state index contributed by atoms with van der Waals surface area (Å²) >= 11 is 1.68. The SMILES string of the molecule is COc1ccc(-c2csc(-c3c(C)[nH]c4ccccc34)n2)cc1. The Morgan fingerprint density at radius 2 is 1.83 bits per heavy atom. The zero-order chi connectivity index (χ0) is 15.8. The number of ether oxygens (including phenoxy) is 1. The lowest BCUT2D eigenvalue weighted by atomic mass is 10.1. The summed E-state index contributed by atoms with van der Waals surface area (Å²) in [5, 5.41) is 4.38. The third-order valence-corrected chi connectivity index (χ3v) is 4.86. The van der Waals surface area contributed by atoms with E-state index in [4.69, 9.17) is 9.72 Å². The molecule has 2 heterocycles. The van der Waals surface area contributed by atoms with E-state index in [2.05, 4.69) is 35.5 Å². The maximum Gasteiger partial charge on any atom is 0.126 e. The average molecular weight is 320 g/mol. The Morgan fingerprint density at radius 1 is 1.04 bits per heavy atom. The molecule has 0 aliphatic carbocycles. The van der Waals surface area contributed by atoms with Crippen LogP contribution in [0.1, 0.15) is 5.69 Å². The molecular formula is C19H16N2OS. The summed E-state index contributed by atoms with van der Waals surface area (Å²) in [5.74, 6) is 0.858. The summed E-state index contributed by atoms with van der Waals surface area (Å²) in [6, 6.07) is 16.4. The number of para-hydroxylation sites is 1. The van der Waals surface area contributed by atoms with Crippen LogP contribution in [0.2, 0.25) is 0 Å². The second-order valence-corrected chi connectivity index (χ2v) is 6.30. The van der Waals surface area contributed by atoms with Crippen LogP contribution in [0.15, 0.2) is 53.9 Å². The van der Waals surface area contributed by atoms with E-state index in [1.165, 1.54) is 10.9 Å². The molecule has 2 aromatic heterocycles. The molecule has 1 N–H and O–H groups in total. The number of H-pyrrole nitrogens is 1. The summed E-state index contributed by atoms with van der Waals surface area (Å²) in [4.78, 5) is 8.29. The monoisotopic (exact) mass is 320 g/mol. The lowest BCUT2D eigenvalue weighted by Crippen LogP contribution is -1.83. The molecule has 0 spiro atoms. The number of hydrogen-bond donors (Lipinski definition) is 1. The van der Waals surface area contributed by atoms with Gasteiger partial charge in [0.15, 0.2) is 0 Å². The molecule has 4 rings (SSSR count). The van der Waals surface area contributed by atoms with Crippen LogP contribution < -0.4 is 4.74 Å². The van der Waals surface area contributed by atoms with E-state index in [0.29, 0.717) is 0 Å². The lowest BCUT2D eigenvalue weighted by Gasteiger charge is -2.00. The number of benzene rings is 2. The Labute approximate surface area is 138 Å². The van der Waals surface area contributed by atoms with Crippen molar-refractivity contribution < 1.29 is 4.74 Å². The lowest BCUT2D eigenvalue weighted by molar-refractivity contribution is 0.415. The fourth-order valence-corrected chi connectivity index (χ4v) is 3.78. The molecule has 0 unspecified atom stereocenters. The van der Waals surface area contributed by atoms with Gasteiger partial charge in [0.1, 0.15) is 10.8 Å². The Hall–Kier alpha value is -2.59. The van der Waals surface area contributed by atoms with Crippen LogP contribution >= 0.6 is 11.3 Å². The fourth-order valence-electron chi connectivity index (χ4n) is 2.84. The Morgan fingerprint density at radius 3 is 2.61 bits per heavy atom. The minimum absolute atomic E-state index is 0.858. The normalized spacial score (nSPS) is 11.0. The van der Waals surface area contributed by atoms with Gasteiger partial charge in [-0.15, -0.1) is 11.3 Å². The number of aromatic nitrogens is 2. The van der Waals surface area contributed by atoms with Crippen molar-refractivity contribution in [3.05, 3.63) is 59.6 Å². The summed E-state index contributed by atoms with van der Waals surface area (Å²) in [5.41, 5.74) is 5.61. The highest BCUT2D eigenvalue weighted by atomic mass is 32.1. The van der Waals surface area contributed by atoms with Crippen molar-refractivity contribution in [2.75, 3.05) is 7.11 Å². The third-order valence-electron chi connectivity index (χ3n) is 4.00. The molecule has 114 valence electrons. The largest absolute Gasteiger partial charge is 0.497 e. The second kappa shape index (κ2) is 5.56. The zero-order valence-electron chi connectivity index (χ0n) is 13.0. The van der Waals surface area contributed by atoms with E-state index < -0.39 is 0 Å². The van der Waals surface area contributed by atoms with Crippen LogP contribution in [-0.4, -0.2) is 17.1 Å². The number of fused-ring (bicyclic) bond motifs is 1. The van der Waals surface area contributed by atoms with Gasteiger partial charge in [-0.25, -0.2) is 4.98 Å². The van der Waals surface area contributed by atoms with Crippen LogP contribution in [-0.2, 0) is 0 Å². The van der Waals surface area contributed by atoms with Gasteiger partial charge in [-0.3, -0.25) is 0 Å². The quantitative estimate of drug-likeness (QED) is 0.558. The van der Waals surface area contributed by atoms with Gasteiger partial charge in [0.25, 0.3) is 0 Å². The number of methoxy groups -OCH3 is 1. The summed E-state index contributed by atoms with van der Waals surface area (Å²) in [6.45, 7) is 2.10.